The minimum Gasteiger partial charge on any atom is -0.385 e. The molecule has 0 radical (unpaired) electrons. The first-order valence-corrected chi connectivity index (χ1v) is 5.95. The Hall–Kier alpha value is -2.06. The van der Waals surface area contributed by atoms with Crippen LogP contribution in [0.1, 0.15) is 12.8 Å². The fourth-order valence-electron chi connectivity index (χ4n) is 1.53. The summed E-state index contributed by atoms with van der Waals surface area (Å²) in [7, 11) is 1.53. The van der Waals surface area contributed by atoms with Gasteiger partial charge in [0.25, 0.3) is 5.69 Å². The van der Waals surface area contributed by atoms with Gasteiger partial charge in [-0.25, -0.2) is 4.39 Å². The lowest BCUT2D eigenvalue weighted by atomic mass is 10.1. The molecular weight excluding hydrogens is 269 g/mol. The fourth-order valence-corrected chi connectivity index (χ4v) is 1.53. The van der Waals surface area contributed by atoms with Crippen LogP contribution in [0.25, 0.3) is 0 Å². The number of nitrogens with two attached hydrogens (primary N) is 1. The molecule has 8 heteroatoms. The average molecular weight is 285 g/mol. The summed E-state index contributed by atoms with van der Waals surface area (Å²) in [6.45, 7) is 0.464. The summed E-state index contributed by atoms with van der Waals surface area (Å²) in [5.41, 5.74) is 5.06. The number of hydrogen-bond donors (Lipinski definition) is 2. The Labute approximate surface area is 115 Å². The number of nitrogens with zero attached hydrogens (tertiary/aromatic N) is 1. The molecule has 110 valence electrons. The summed E-state index contributed by atoms with van der Waals surface area (Å²) in [6, 6.07) is 2.06. The topological polar surface area (TPSA) is 107 Å². The van der Waals surface area contributed by atoms with Gasteiger partial charge in [0.2, 0.25) is 5.91 Å². The van der Waals surface area contributed by atoms with Gasteiger partial charge in [-0.15, -0.1) is 0 Å². The number of anilines is 1. The molecule has 1 aromatic carbocycles. The second-order valence-corrected chi connectivity index (χ2v) is 4.15. The maximum Gasteiger partial charge on any atom is 0.271 e. The average Bonchev–Trinajstić information content (AvgIpc) is 2.41. The number of carbonyl (C=O) groups is 1. The molecule has 1 aromatic rings. The molecule has 0 aromatic heterocycles. The van der Waals surface area contributed by atoms with Crippen molar-refractivity contribution in [1.29, 1.82) is 0 Å². The van der Waals surface area contributed by atoms with Crippen LogP contribution in [0.2, 0.25) is 0 Å². The zero-order valence-corrected chi connectivity index (χ0v) is 11.0. The van der Waals surface area contributed by atoms with Gasteiger partial charge in [-0.05, 0) is 18.9 Å². The number of hydrogen-bond acceptors (Lipinski definition) is 5. The summed E-state index contributed by atoms with van der Waals surface area (Å²) < 4.78 is 18.3. The molecule has 0 spiro atoms. The molecule has 1 amide bonds. The van der Waals surface area contributed by atoms with Gasteiger partial charge in [0.1, 0.15) is 5.82 Å². The second kappa shape index (κ2) is 7.51. The number of nitrogens with one attached hydrogen (secondary N) is 1. The van der Waals surface area contributed by atoms with Crippen molar-refractivity contribution in [2.75, 3.05) is 19.0 Å². The van der Waals surface area contributed by atoms with Crippen LogP contribution in [0.15, 0.2) is 18.2 Å². The van der Waals surface area contributed by atoms with Gasteiger partial charge in [0.05, 0.1) is 16.7 Å². The molecule has 0 heterocycles. The molecule has 0 aliphatic rings. The molecule has 20 heavy (non-hydrogen) atoms. The fraction of sp³-hybridized carbons (Fsp3) is 0.417. The summed E-state index contributed by atoms with van der Waals surface area (Å²) in [5, 5.41) is 12.8. The second-order valence-electron chi connectivity index (χ2n) is 4.15. The van der Waals surface area contributed by atoms with Crippen molar-refractivity contribution in [3.8, 4) is 0 Å². The lowest BCUT2D eigenvalue weighted by Gasteiger charge is -2.12. The Kier molecular flexibility index (Phi) is 6.01. The number of halogens is 1. The number of carbonyl (C=O) groups excluding carboxylic acids is 1. The number of methoxy groups -OCH3 is 1. The van der Waals surface area contributed by atoms with Crippen molar-refractivity contribution in [1.82, 2.24) is 0 Å². The van der Waals surface area contributed by atoms with Gasteiger partial charge in [0, 0.05) is 25.8 Å². The number of rotatable bonds is 7. The number of nitro benzene ring substituents is 1. The Morgan fingerprint density at radius 3 is 2.90 bits per heavy atom. The normalized spacial score (nSPS) is 11.9. The van der Waals surface area contributed by atoms with E-state index in [4.69, 9.17) is 10.5 Å². The molecule has 7 nitrogen and oxygen atoms in total. The van der Waals surface area contributed by atoms with Crippen LogP contribution in [-0.4, -0.2) is 30.6 Å². The Bertz CT molecular complexity index is 496. The maximum atomic E-state index is 13.5. The van der Waals surface area contributed by atoms with Crippen molar-refractivity contribution in [2.24, 2.45) is 5.73 Å². The van der Waals surface area contributed by atoms with E-state index in [1.54, 1.807) is 0 Å². The van der Waals surface area contributed by atoms with E-state index in [0.717, 1.165) is 18.2 Å². The molecule has 0 aliphatic heterocycles. The molecule has 1 atom stereocenters. The first kappa shape index (κ1) is 16.0. The molecule has 1 unspecified atom stereocenters. The molecule has 0 bridgehead atoms. The number of amides is 1. The van der Waals surface area contributed by atoms with Crippen molar-refractivity contribution in [3.05, 3.63) is 34.1 Å². The van der Waals surface area contributed by atoms with Gasteiger partial charge in [0.15, 0.2) is 0 Å². The van der Waals surface area contributed by atoms with Crippen LogP contribution in [-0.2, 0) is 9.53 Å². The van der Waals surface area contributed by atoms with Gasteiger partial charge in [-0.3, -0.25) is 14.9 Å². The Morgan fingerprint density at radius 2 is 2.30 bits per heavy atom. The lowest BCUT2D eigenvalue weighted by Crippen LogP contribution is -2.36. The largest absolute Gasteiger partial charge is 0.385 e. The zero-order valence-electron chi connectivity index (χ0n) is 11.0. The molecule has 1 rings (SSSR count). The van der Waals surface area contributed by atoms with Gasteiger partial charge in [-0.1, -0.05) is 0 Å². The molecular formula is C12H16FN3O4. The Morgan fingerprint density at radius 1 is 1.60 bits per heavy atom. The lowest BCUT2D eigenvalue weighted by molar-refractivity contribution is -0.384. The molecule has 0 saturated heterocycles. The third-order valence-electron chi connectivity index (χ3n) is 2.62. The first-order valence-electron chi connectivity index (χ1n) is 5.95. The van der Waals surface area contributed by atoms with Crippen molar-refractivity contribution < 1.29 is 18.8 Å². The number of benzene rings is 1. The van der Waals surface area contributed by atoms with E-state index < -0.39 is 22.7 Å². The summed E-state index contributed by atoms with van der Waals surface area (Å²) in [6.07, 6.45) is 0.957. The van der Waals surface area contributed by atoms with Gasteiger partial charge >= 0.3 is 0 Å². The highest BCUT2D eigenvalue weighted by Crippen LogP contribution is 2.21. The third-order valence-corrected chi connectivity index (χ3v) is 2.62. The van der Waals surface area contributed by atoms with Crippen LogP contribution < -0.4 is 11.1 Å². The van der Waals surface area contributed by atoms with Crippen molar-refractivity contribution in [2.45, 2.75) is 18.9 Å². The van der Waals surface area contributed by atoms with E-state index in [1.807, 2.05) is 0 Å². The molecule has 0 aliphatic carbocycles. The SMILES string of the molecule is COCCCC(N)C(=O)Nc1cc([N+](=O)[O-])ccc1F. The minimum atomic E-state index is -0.830. The van der Waals surface area contributed by atoms with E-state index in [9.17, 15) is 19.3 Å². The first-order chi connectivity index (χ1) is 9.45. The molecule has 0 fully saturated rings. The number of ether oxygens (including phenoxy) is 1. The standard InChI is InChI=1S/C12H16FN3O4/c1-20-6-2-3-10(14)12(17)15-11-7-8(16(18)19)4-5-9(11)13/h4-5,7,10H,2-3,6,14H2,1H3,(H,15,17). The van der Waals surface area contributed by atoms with Gasteiger partial charge in [-0.2, -0.15) is 0 Å². The smallest absolute Gasteiger partial charge is 0.271 e. The van der Waals surface area contributed by atoms with E-state index in [-0.39, 0.29) is 11.4 Å². The number of non-ortho nitro benzene ring substituents is 1. The molecule has 0 saturated carbocycles. The van der Waals surface area contributed by atoms with E-state index in [1.165, 1.54) is 7.11 Å². The van der Waals surface area contributed by atoms with Crippen molar-refractivity contribution >= 4 is 17.3 Å². The predicted octanol–water partition coefficient (Wildman–Crippen LogP) is 1.43. The third kappa shape index (κ3) is 4.56. The highest BCUT2D eigenvalue weighted by molar-refractivity contribution is 5.95. The van der Waals surface area contributed by atoms with Crippen LogP contribution in [0.5, 0.6) is 0 Å². The zero-order chi connectivity index (χ0) is 15.1. The van der Waals surface area contributed by atoms with Crippen LogP contribution in [0.4, 0.5) is 15.8 Å². The van der Waals surface area contributed by atoms with Crippen molar-refractivity contribution in [3.63, 3.8) is 0 Å². The summed E-state index contributed by atoms with van der Waals surface area (Å²) in [5.74, 6) is -1.35. The Balaban J connectivity index is 2.69. The van der Waals surface area contributed by atoms with Crippen LogP contribution in [0.3, 0.4) is 0 Å². The van der Waals surface area contributed by atoms with Crippen LogP contribution in [0, 0.1) is 15.9 Å². The quantitative estimate of drug-likeness (QED) is 0.447. The van der Waals surface area contributed by atoms with E-state index >= 15 is 0 Å². The van der Waals surface area contributed by atoms with E-state index in [2.05, 4.69) is 5.32 Å². The van der Waals surface area contributed by atoms with Crippen LogP contribution >= 0.6 is 0 Å². The highest BCUT2D eigenvalue weighted by atomic mass is 19.1. The predicted molar refractivity (Wildman–Crippen MR) is 70.8 cm³/mol. The number of nitro groups is 1. The maximum absolute atomic E-state index is 13.5. The highest BCUT2D eigenvalue weighted by Gasteiger charge is 2.17. The monoisotopic (exact) mass is 285 g/mol. The summed E-state index contributed by atoms with van der Waals surface area (Å²) in [4.78, 5) is 21.6. The van der Waals surface area contributed by atoms with Gasteiger partial charge < -0.3 is 15.8 Å². The molecule has 3 N–H and O–H groups in total. The minimum absolute atomic E-state index is 0.258. The van der Waals surface area contributed by atoms with E-state index in [0.29, 0.717) is 19.4 Å². The summed E-state index contributed by atoms with van der Waals surface area (Å²) >= 11 is 0.